The first-order valence-corrected chi connectivity index (χ1v) is 13.7. The van der Waals surface area contributed by atoms with Crippen molar-refractivity contribution in [3.05, 3.63) is 36.5 Å². The van der Waals surface area contributed by atoms with Crippen molar-refractivity contribution in [2.45, 2.75) is 83.6 Å². The van der Waals surface area contributed by atoms with Crippen LogP contribution >= 0.6 is 11.8 Å². The van der Waals surface area contributed by atoms with Crippen LogP contribution in [0.4, 0.5) is 0 Å². The number of hydrogen-bond acceptors (Lipinski definition) is 7. The van der Waals surface area contributed by atoms with Gasteiger partial charge in [-0.2, -0.15) is 0 Å². The van der Waals surface area contributed by atoms with E-state index in [2.05, 4.69) is 32.3 Å². The van der Waals surface area contributed by atoms with E-state index in [1.807, 2.05) is 13.0 Å². The van der Waals surface area contributed by atoms with Crippen LogP contribution in [0.5, 0.6) is 0 Å². The van der Waals surface area contributed by atoms with Crippen LogP contribution < -0.4 is 0 Å². The minimum Gasteiger partial charge on any atom is -0.461 e. The van der Waals surface area contributed by atoms with E-state index in [4.69, 9.17) is 4.74 Å². The fraction of sp³-hybridized carbons (Fsp3) is 0.679. The topological polar surface area (TPSA) is 96.7 Å². The monoisotopic (exact) mass is 501 g/mol. The number of thioether (sulfide) groups is 1. The molecule has 3 aliphatic rings. The quantitative estimate of drug-likeness (QED) is 0.335. The lowest BCUT2D eigenvalue weighted by Gasteiger charge is -2.61. The molecule has 3 saturated carbocycles. The van der Waals surface area contributed by atoms with E-state index in [1.165, 1.54) is 11.8 Å². The number of ketones is 1. The maximum Gasteiger partial charge on any atom is 0.316 e. The summed E-state index contributed by atoms with van der Waals surface area (Å²) in [6.07, 6.45) is 5.83. The Kier molecular flexibility index (Phi) is 7.26. The molecule has 2 N–H and O–H groups in total. The Balaban J connectivity index is 1.66. The van der Waals surface area contributed by atoms with Crippen LogP contribution in [0.15, 0.2) is 36.0 Å². The van der Waals surface area contributed by atoms with Gasteiger partial charge in [-0.25, -0.2) is 4.98 Å². The number of rotatable bonds is 6. The molecule has 0 radical (unpaired) electrons. The predicted molar refractivity (Wildman–Crippen MR) is 136 cm³/mol. The molecule has 4 rings (SSSR count). The highest BCUT2D eigenvalue weighted by atomic mass is 32.2. The molecule has 1 aromatic heterocycles. The molecule has 7 heteroatoms. The Morgan fingerprint density at radius 1 is 1.34 bits per heavy atom. The van der Waals surface area contributed by atoms with Crippen LogP contribution in [0.25, 0.3) is 0 Å². The first-order valence-electron chi connectivity index (χ1n) is 12.7. The molecule has 3 fully saturated rings. The summed E-state index contributed by atoms with van der Waals surface area (Å²) in [4.78, 5) is 30.9. The summed E-state index contributed by atoms with van der Waals surface area (Å²) in [7, 11) is 0. The third kappa shape index (κ3) is 4.27. The summed E-state index contributed by atoms with van der Waals surface area (Å²) < 4.78 is 6.25. The molecular formula is C28H39NO5S. The molecule has 0 unspecified atom stereocenters. The highest BCUT2D eigenvalue weighted by molar-refractivity contribution is 7.99. The van der Waals surface area contributed by atoms with Gasteiger partial charge in [0, 0.05) is 29.4 Å². The second-order valence-electron chi connectivity index (χ2n) is 11.5. The van der Waals surface area contributed by atoms with E-state index in [0.29, 0.717) is 17.9 Å². The molecule has 1 heterocycles. The second kappa shape index (κ2) is 9.64. The molecule has 0 aliphatic heterocycles. The fourth-order valence-corrected chi connectivity index (χ4v) is 8.16. The smallest absolute Gasteiger partial charge is 0.316 e. The molecule has 2 bridgehead atoms. The number of esters is 1. The van der Waals surface area contributed by atoms with Gasteiger partial charge in [-0.1, -0.05) is 45.5 Å². The molecule has 0 aromatic carbocycles. The normalized spacial score (nSPS) is 41.0. The van der Waals surface area contributed by atoms with E-state index < -0.39 is 23.0 Å². The summed E-state index contributed by atoms with van der Waals surface area (Å²) in [6.45, 7) is 12.4. The van der Waals surface area contributed by atoms with E-state index >= 15 is 0 Å². The lowest BCUT2D eigenvalue weighted by Crippen LogP contribution is -2.63. The summed E-state index contributed by atoms with van der Waals surface area (Å²) in [5, 5.41) is 21.6. The van der Waals surface area contributed by atoms with Crippen LogP contribution in [0.2, 0.25) is 0 Å². The fourth-order valence-electron chi connectivity index (χ4n) is 7.45. The molecule has 0 spiro atoms. The van der Waals surface area contributed by atoms with Crippen molar-refractivity contribution in [1.82, 2.24) is 4.98 Å². The van der Waals surface area contributed by atoms with Crippen molar-refractivity contribution in [3.8, 4) is 0 Å². The maximum atomic E-state index is 13.4. The molecular weight excluding hydrogens is 462 g/mol. The first-order chi connectivity index (χ1) is 16.5. The maximum absolute atomic E-state index is 13.4. The zero-order valence-corrected chi connectivity index (χ0v) is 22.1. The summed E-state index contributed by atoms with van der Waals surface area (Å²) in [5.74, 6) is -0.109. The van der Waals surface area contributed by atoms with E-state index in [0.717, 1.165) is 24.8 Å². The van der Waals surface area contributed by atoms with Gasteiger partial charge in [0.1, 0.15) is 11.9 Å². The minimum absolute atomic E-state index is 0.0501. The standard InChI is InChI=1S/C28H39NO5S/c1-6-26(4)14-21(34-23(32)16-35-22-13-19(15-30)9-12-29-22)27(5)17(2)7-10-28(18(3)25(26)33)11-8-20(31)24(27)28/h6,9,12-13,17-18,21,24-25,30,33H,1,7-8,10-11,14-16H2,2-5H3/t17-,18+,21-,24+,25+,26-,27+,28+/m1/s1. The third-order valence-electron chi connectivity index (χ3n) is 9.90. The van der Waals surface area contributed by atoms with E-state index in [1.54, 1.807) is 18.3 Å². The van der Waals surface area contributed by atoms with Gasteiger partial charge in [0.2, 0.25) is 0 Å². The number of carbonyl (C=O) groups excluding carboxylic acids is 2. The van der Waals surface area contributed by atoms with Crippen molar-refractivity contribution in [1.29, 1.82) is 0 Å². The average Bonchev–Trinajstić information content (AvgIpc) is 3.21. The first kappa shape index (κ1) is 26.4. The van der Waals surface area contributed by atoms with Gasteiger partial charge in [0.05, 0.1) is 23.5 Å². The molecule has 8 atom stereocenters. The zero-order valence-electron chi connectivity index (χ0n) is 21.3. The molecule has 192 valence electrons. The minimum atomic E-state index is -0.674. The Morgan fingerprint density at radius 3 is 2.77 bits per heavy atom. The van der Waals surface area contributed by atoms with Gasteiger partial charge < -0.3 is 14.9 Å². The van der Waals surface area contributed by atoms with Crippen LogP contribution in [0.3, 0.4) is 0 Å². The van der Waals surface area contributed by atoms with Gasteiger partial charge in [-0.05, 0) is 60.6 Å². The number of carbonyl (C=O) groups is 2. The third-order valence-corrected chi connectivity index (χ3v) is 10.8. The summed E-state index contributed by atoms with van der Waals surface area (Å²) in [5.41, 5.74) is -0.701. The van der Waals surface area contributed by atoms with Crippen LogP contribution in [-0.4, -0.2) is 44.9 Å². The lowest BCUT2D eigenvalue weighted by molar-refractivity contribution is -0.205. The molecule has 6 nitrogen and oxygen atoms in total. The highest BCUT2D eigenvalue weighted by Crippen LogP contribution is 2.68. The second-order valence-corrected chi connectivity index (χ2v) is 12.5. The number of hydrogen-bond donors (Lipinski definition) is 2. The Labute approximate surface area is 212 Å². The van der Waals surface area contributed by atoms with Crippen LogP contribution in [-0.2, 0) is 20.9 Å². The van der Waals surface area contributed by atoms with Crippen LogP contribution in [0, 0.1) is 34.0 Å². The van der Waals surface area contributed by atoms with Crippen molar-refractivity contribution in [2.24, 2.45) is 34.0 Å². The van der Waals surface area contributed by atoms with Gasteiger partial charge in [0.15, 0.2) is 0 Å². The molecule has 35 heavy (non-hydrogen) atoms. The average molecular weight is 502 g/mol. The van der Waals surface area contributed by atoms with Gasteiger partial charge in [-0.15, -0.1) is 6.58 Å². The van der Waals surface area contributed by atoms with Gasteiger partial charge >= 0.3 is 5.97 Å². The van der Waals surface area contributed by atoms with Crippen molar-refractivity contribution in [2.75, 3.05) is 5.75 Å². The number of aliphatic hydroxyl groups excluding tert-OH is 2. The summed E-state index contributed by atoms with van der Waals surface area (Å²) in [6, 6.07) is 3.49. The van der Waals surface area contributed by atoms with Crippen LogP contribution in [0.1, 0.15) is 65.4 Å². The van der Waals surface area contributed by atoms with Crippen molar-refractivity contribution < 1.29 is 24.5 Å². The molecule has 0 amide bonds. The highest BCUT2D eigenvalue weighted by Gasteiger charge is 2.68. The van der Waals surface area contributed by atoms with E-state index in [9.17, 15) is 19.8 Å². The number of ether oxygens (including phenoxy) is 1. The number of aromatic nitrogens is 1. The zero-order chi connectivity index (χ0) is 25.6. The Hall–Kier alpha value is -1.70. The largest absolute Gasteiger partial charge is 0.461 e. The van der Waals surface area contributed by atoms with Crippen molar-refractivity contribution >= 4 is 23.5 Å². The number of aliphatic hydroxyl groups is 2. The Morgan fingerprint density at radius 2 is 2.09 bits per heavy atom. The SMILES string of the molecule is C=C[C@]1(C)C[C@@H](OC(=O)CSc2cc(CO)ccn2)[C@]2(C)[C@H](C)CC[C@]3(CCC(=O)[C@H]32)[C@@H](C)[C@@H]1O. The number of pyridine rings is 1. The molecule has 3 aliphatic carbocycles. The van der Waals surface area contributed by atoms with Gasteiger partial charge in [0.25, 0.3) is 0 Å². The number of nitrogens with zero attached hydrogens (tertiary/aromatic N) is 1. The van der Waals surface area contributed by atoms with Gasteiger partial charge in [-0.3, -0.25) is 9.59 Å². The van der Waals surface area contributed by atoms with Crippen molar-refractivity contribution in [3.63, 3.8) is 0 Å². The van der Waals surface area contributed by atoms with E-state index in [-0.39, 0.29) is 47.3 Å². The predicted octanol–water partition coefficient (Wildman–Crippen LogP) is 4.57. The number of Topliss-reactive ketones (excluding diaryl/α,β-unsaturated/α-hetero) is 1. The molecule has 0 saturated heterocycles. The molecule has 1 aromatic rings. The lowest BCUT2D eigenvalue weighted by atomic mass is 9.44. The Bertz CT molecular complexity index is 999. The summed E-state index contributed by atoms with van der Waals surface area (Å²) >= 11 is 1.27.